The van der Waals surface area contributed by atoms with Crippen molar-refractivity contribution in [2.24, 2.45) is 5.92 Å². The first kappa shape index (κ1) is 16.6. The second kappa shape index (κ2) is 8.03. The highest BCUT2D eigenvalue weighted by atomic mass is 16.5. The molecule has 22 heavy (non-hydrogen) atoms. The van der Waals surface area contributed by atoms with Crippen LogP contribution in [0.5, 0.6) is 11.5 Å². The summed E-state index contributed by atoms with van der Waals surface area (Å²) in [5.41, 5.74) is 0.598. The largest absolute Gasteiger partial charge is 0.493 e. The minimum absolute atomic E-state index is 0.0606. The Kier molecular flexibility index (Phi) is 6.07. The van der Waals surface area contributed by atoms with Crippen LogP contribution < -0.4 is 14.8 Å². The molecule has 1 amide bonds. The highest BCUT2D eigenvalue weighted by molar-refractivity contribution is 5.94. The quantitative estimate of drug-likeness (QED) is 0.875. The molecule has 1 saturated heterocycles. The number of rotatable bonds is 6. The van der Waals surface area contributed by atoms with E-state index >= 15 is 0 Å². The summed E-state index contributed by atoms with van der Waals surface area (Å²) in [5.74, 6) is 1.68. The van der Waals surface area contributed by atoms with Crippen molar-refractivity contribution in [1.82, 2.24) is 10.2 Å². The van der Waals surface area contributed by atoms with Crippen LogP contribution in [-0.2, 0) is 0 Å². The highest BCUT2D eigenvalue weighted by Crippen LogP contribution is 2.27. The Morgan fingerprint density at radius 1 is 1.32 bits per heavy atom. The van der Waals surface area contributed by atoms with E-state index in [1.807, 2.05) is 0 Å². The zero-order valence-corrected chi connectivity index (χ0v) is 13.7. The molecule has 1 aliphatic rings. The van der Waals surface area contributed by atoms with E-state index < -0.39 is 0 Å². The molecule has 0 bridgehead atoms. The van der Waals surface area contributed by atoms with Gasteiger partial charge in [-0.25, -0.2) is 0 Å². The zero-order valence-electron chi connectivity index (χ0n) is 13.7. The Balaban J connectivity index is 1.92. The van der Waals surface area contributed by atoms with Gasteiger partial charge in [-0.3, -0.25) is 4.79 Å². The van der Waals surface area contributed by atoms with E-state index in [9.17, 15) is 4.79 Å². The summed E-state index contributed by atoms with van der Waals surface area (Å²) >= 11 is 0. The van der Waals surface area contributed by atoms with Gasteiger partial charge in [0.15, 0.2) is 11.5 Å². The van der Waals surface area contributed by atoms with Crippen molar-refractivity contribution >= 4 is 5.91 Å². The Hall–Kier alpha value is -1.75. The fraction of sp³-hybridized carbons (Fsp3) is 0.588. The van der Waals surface area contributed by atoms with Gasteiger partial charge in [0.2, 0.25) is 0 Å². The zero-order chi connectivity index (χ0) is 15.9. The van der Waals surface area contributed by atoms with Gasteiger partial charge in [0, 0.05) is 18.7 Å². The number of nitrogens with zero attached hydrogens (tertiary/aromatic N) is 1. The monoisotopic (exact) mass is 306 g/mol. The van der Waals surface area contributed by atoms with E-state index in [0.717, 1.165) is 19.6 Å². The van der Waals surface area contributed by atoms with Gasteiger partial charge >= 0.3 is 0 Å². The summed E-state index contributed by atoms with van der Waals surface area (Å²) < 4.78 is 10.4. The van der Waals surface area contributed by atoms with E-state index in [1.54, 1.807) is 32.4 Å². The Labute approximate surface area is 132 Å². The van der Waals surface area contributed by atoms with E-state index in [0.29, 0.717) is 23.0 Å². The number of piperidine rings is 1. The van der Waals surface area contributed by atoms with Crippen molar-refractivity contribution in [2.45, 2.75) is 19.8 Å². The van der Waals surface area contributed by atoms with Crippen molar-refractivity contribution in [3.8, 4) is 11.5 Å². The molecule has 1 atom stereocenters. The van der Waals surface area contributed by atoms with Crippen LogP contribution in [0, 0.1) is 5.92 Å². The Morgan fingerprint density at radius 2 is 2.09 bits per heavy atom. The lowest BCUT2D eigenvalue weighted by molar-refractivity contribution is 0.0933. The van der Waals surface area contributed by atoms with E-state index in [2.05, 4.69) is 17.1 Å². The lowest BCUT2D eigenvalue weighted by Gasteiger charge is -2.31. The minimum atomic E-state index is -0.0606. The first-order valence-electron chi connectivity index (χ1n) is 7.90. The molecule has 5 heteroatoms. The molecule has 1 fully saturated rings. The first-order valence-corrected chi connectivity index (χ1v) is 7.90. The lowest BCUT2D eigenvalue weighted by Crippen LogP contribution is -2.40. The van der Waals surface area contributed by atoms with Crippen LogP contribution in [0.1, 0.15) is 30.1 Å². The molecule has 1 heterocycles. The van der Waals surface area contributed by atoms with Crippen molar-refractivity contribution in [3.05, 3.63) is 23.8 Å². The first-order chi connectivity index (χ1) is 10.7. The van der Waals surface area contributed by atoms with Gasteiger partial charge in [0.05, 0.1) is 14.2 Å². The molecule has 1 N–H and O–H groups in total. The summed E-state index contributed by atoms with van der Waals surface area (Å²) in [6.07, 6.45) is 2.40. The second-order valence-electron chi connectivity index (χ2n) is 5.68. The molecule has 2 rings (SSSR count). The molecule has 1 aromatic rings. The number of amides is 1. The third kappa shape index (κ3) is 4.13. The molecule has 5 nitrogen and oxygen atoms in total. The lowest BCUT2D eigenvalue weighted by atomic mass is 9.98. The van der Waals surface area contributed by atoms with Crippen LogP contribution in [0.15, 0.2) is 18.2 Å². The fourth-order valence-corrected chi connectivity index (χ4v) is 2.92. The van der Waals surface area contributed by atoms with Crippen LogP contribution in [0.2, 0.25) is 0 Å². The van der Waals surface area contributed by atoms with Crippen molar-refractivity contribution < 1.29 is 14.3 Å². The van der Waals surface area contributed by atoms with Crippen LogP contribution in [0.3, 0.4) is 0 Å². The molecule has 0 radical (unpaired) electrons. The Morgan fingerprint density at radius 3 is 2.77 bits per heavy atom. The standard InChI is InChI=1S/C17H26N2O3/c1-4-19-9-5-6-13(12-19)11-18-17(20)14-7-8-15(21-2)16(10-14)22-3/h7-8,10,13H,4-6,9,11-12H2,1-3H3,(H,18,20). The van der Waals surface area contributed by atoms with Crippen molar-refractivity contribution in [2.75, 3.05) is 40.4 Å². The number of nitrogens with one attached hydrogen (secondary N) is 1. The minimum Gasteiger partial charge on any atom is -0.493 e. The third-order valence-corrected chi connectivity index (χ3v) is 4.25. The van der Waals surface area contributed by atoms with Gasteiger partial charge < -0.3 is 19.7 Å². The number of likely N-dealkylation sites (tertiary alicyclic amines) is 1. The molecule has 0 spiro atoms. The van der Waals surface area contributed by atoms with Crippen LogP contribution in [-0.4, -0.2) is 51.2 Å². The van der Waals surface area contributed by atoms with Crippen LogP contribution in [0.4, 0.5) is 0 Å². The predicted molar refractivity (Wildman–Crippen MR) is 86.7 cm³/mol. The maximum Gasteiger partial charge on any atom is 0.251 e. The third-order valence-electron chi connectivity index (χ3n) is 4.25. The SMILES string of the molecule is CCN1CCCC(CNC(=O)c2ccc(OC)c(OC)c2)C1. The number of ether oxygens (including phenoxy) is 2. The van der Waals surface area contributed by atoms with Gasteiger partial charge in [-0.2, -0.15) is 0 Å². The number of methoxy groups -OCH3 is 2. The van der Waals surface area contributed by atoms with E-state index in [4.69, 9.17) is 9.47 Å². The van der Waals surface area contributed by atoms with Gasteiger partial charge in [-0.1, -0.05) is 6.92 Å². The van der Waals surface area contributed by atoms with E-state index in [1.165, 1.54) is 19.4 Å². The number of carbonyl (C=O) groups excluding carboxylic acids is 1. The molecular formula is C17H26N2O3. The smallest absolute Gasteiger partial charge is 0.251 e. The summed E-state index contributed by atoms with van der Waals surface area (Å²) in [7, 11) is 3.15. The summed E-state index contributed by atoms with van der Waals surface area (Å²) in [4.78, 5) is 14.7. The van der Waals surface area contributed by atoms with Gasteiger partial charge in [0.1, 0.15) is 0 Å². The molecule has 122 valence electrons. The number of hydrogen-bond donors (Lipinski definition) is 1. The van der Waals surface area contributed by atoms with Crippen LogP contribution in [0.25, 0.3) is 0 Å². The normalized spacial score (nSPS) is 18.8. The topological polar surface area (TPSA) is 50.8 Å². The summed E-state index contributed by atoms with van der Waals surface area (Å²) in [5, 5.41) is 3.04. The average molecular weight is 306 g/mol. The van der Waals surface area contributed by atoms with E-state index in [-0.39, 0.29) is 5.91 Å². The molecule has 0 saturated carbocycles. The fourth-order valence-electron chi connectivity index (χ4n) is 2.92. The van der Waals surface area contributed by atoms with Crippen molar-refractivity contribution in [1.29, 1.82) is 0 Å². The second-order valence-corrected chi connectivity index (χ2v) is 5.68. The molecule has 1 aliphatic heterocycles. The Bertz CT molecular complexity index is 505. The molecule has 0 aromatic heterocycles. The predicted octanol–water partition coefficient (Wildman–Crippen LogP) is 2.17. The summed E-state index contributed by atoms with van der Waals surface area (Å²) in [6.45, 7) is 6.24. The number of benzene rings is 1. The number of carbonyl (C=O) groups is 1. The van der Waals surface area contributed by atoms with Crippen molar-refractivity contribution in [3.63, 3.8) is 0 Å². The molecule has 1 unspecified atom stereocenters. The molecule has 1 aromatic carbocycles. The van der Waals surface area contributed by atoms with Gasteiger partial charge in [-0.15, -0.1) is 0 Å². The highest BCUT2D eigenvalue weighted by Gasteiger charge is 2.19. The number of hydrogen-bond acceptors (Lipinski definition) is 4. The summed E-state index contributed by atoms with van der Waals surface area (Å²) in [6, 6.07) is 5.23. The average Bonchev–Trinajstić information content (AvgIpc) is 2.59. The molecular weight excluding hydrogens is 280 g/mol. The van der Waals surface area contributed by atoms with Crippen LogP contribution >= 0.6 is 0 Å². The maximum absolute atomic E-state index is 12.3. The van der Waals surface area contributed by atoms with Gasteiger partial charge in [-0.05, 0) is 50.0 Å². The van der Waals surface area contributed by atoms with Gasteiger partial charge in [0.25, 0.3) is 5.91 Å². The molecule has 0 aliphatic carbocycles. The maximum atomic E-state index is 12.3.